The number of benzene rings is 1. The van der Waals surface area contributed by atoms with Crippen LogP contribution in [0, 0.1) is 0 Å². The highest BCUT2D eigenvalue weighted by Crippen LogP contribution is 2.30. The molecule has 21 heavy (non-hydrogen) atoms. The summed E-state index contributed by atoms with van der Waals surface area (Å²) in [5, 5.41) is 3.22. The molecule has 0 aliphatic carbocycles. The third-order valence-corrected chi connectivity index (χ3v) is 5.06. The first kappa shape index (κ1) is 16.1. The van der Waals surface area contributed by atoms with E-state index in [0.717, 1.165) is 38.1 Å². The molecule has 1 fully saturated rings. The fourth-order valence-electron chi connectivity index (χ4n) is 2.25. The summed E-state index contributed by atoms with van der Waals surface area (Å²) in [6.45, 7) is 1.91. The molecule has 0 bridgehead atoms. The molecule has 4 nitrogen and oxygen atoms in total. The number of anilines is 1. The Labute approximate surface area is 121 Å². The van der Waals surface area contributed by atoms with Crippen LogP contribution in [0.4, 0.5) is 18.9 Å². The normalized spacial score (nSPS) is 18.7. The van der Waals surface area contributed by atoms with E-state index in [4.69, 9.17) is 0 Å². The maximum atomic E-state index is 12.4. The van der Waals surface area contributed by atoms with Crippen LogP contribution in [0.5, 0.6) is 0 Å². The molecule has 0 atom stereocenters. The lowest BCUT2D eigenvalue weighted by Gasteiger charge is -2.30. The van der Waals surface area contributed by atoms with Crippen molar-refractivity contribution in [3.05, 3.63) is 24.3 Å². The smallest absolute Gasteiger partial charge is 0.382 e. The van der Waals surface area contributed by atoms with Gasteiger partial charge >= 0.3 is 5.51 Å². The Morgan fingerprint density at radius 1 is 1.14 bits per heavy atom. The highest BCUT2D eigenvalue weighted by molar-refractivity contribution is 7.92. The summed E-state index contributed by atoms with van der Waals surface area (Å²) in [4.78, 5) is 1.47. The Bertz CT molecular complexity index is 576. The van der Waals surface area contributed by atoms with E-state index in [1.165, 1.54) is 12.1 Å². The summed E-state index contributed by atoms with van der Waals surface area (Å²) >= 11 is 0. The van der Waals surface area contributed by atoms with Crippen molar-refractivity contribution in [2.45, 2.75) is 29.3 Å². The van der Waals surface area contributed by atoms with Crippen LogP contribution in [0.3, 0.4) is 0 Å². The Morgan fingerprint density at radius 3 is 2.14 bits per heavy atom. The van der Waals surface area contributed by atoms with Gasteiger partial charge in [0, 0.05) is 11.7 Å². The maximum absolute atomic E-state index is 12.4. The van der Waals surface area contributed by atoms with Crippen molar-refractivity contribution in [2.75, 3.05) is 25.5 Å². The third kappa shape index (κ3) is 3.68. The van der Waals surface area contributed by atoms with Gasteiger partial charge in [-0.05, 0) is 57.2 Å². The lowest BCUT2D eigenvalue weighted by Crippen LogP contribution is -2.36. The molecule has 1 aromatic rings. The largest absolute Gasteiger partial charge is 0.501 e. The second-order valence-electron chi connectivity index (χ2n) is 5.20. The minimum Gasteiger partial charge on any atom is -0.382 e. The van der Waals surface area contributed by atoms with Crippen molar-refractivity contribution < 1.29 is 21.6 Å². The first-order chi connectivity index (χ1) is 9.70. The second-order valence-corrected chi connectivity index (χ2v) is 7.14. The Balaban J connectivity index is 2.06. The van der Waals surface area contributed by atoms with E-state index in [-0.39, 0.29) is 6.04 Å². The highest BCUT2D eigenvalue weighted by atomic mass is 32.2. The molecule has 0 saturated carbocycles. The summed E-state index contributed by atoms with van der Waals surface area (Å²) in [6.07, 6.45) is 1.89. The summed E-state index contributed by atoms with van der Waals surface area (Å²) in [7, 11) is -3.23. The number of hydrogen-bond donors (Lipinski definition) is 1. The number of nitrogens with one attached hydrogen (secondary N) is 1. The van der Waals surface area contributed by atoms with Gasteiger partial charge in [-0.15, -0.1) is 0 Å². The van der Waals surface area contributed by atoms with Crippen LogP contribution in [0.25, 0.3) is 0 Å². The maximum Gasteiger partial charge on any atom is 0.501 e. The summed E-state index contributed by atoms with van der Waals surface area (Å²) in [5.74, 6) is 0. The second kappa shape index (κ2) is 5.84. The van der Waals surface area contributed by atoms with Crippen molar-refractivity contribution in [1.82, 2.24) is 4.90 Å². The predicted octanol–water partition coefficient (Wildman–Crippen LogP) is 2.49. The van der Waals surface area contributed by atoms with E-state index in [2.05, 4.69) is 10.2 Å². The van der Waals surface area contributed by atoms with Gasteiger partial charge < -0.3 is 10.2 Å². The zero-order chi connectivity index (χ0) is 15.7. The number of sulfone groups is 1. The molecule has 0 amide bonds. The van der Waals surface area contributed by atoms with Crippen LogP contribution >= 0.6 is 0 Å². The van der Waals surface area contributed by atoms with Gasteiger partial charge in [0.15, 0.2) is 0 Å². The molecular formula is C13H17F3N2O2S. The van der Waals surface area contributed by atoms with E-state index < -0.39 is 20.2 Å². The van der Waals surface area contributed by atoms with E-state index in [0.29, 0.717) is 5.69 Å². The molecule has 0 spiro atoms. The van der Waals surface area contributed by atoms with Crippen LogP contribution in [0.1, 0.15) is 12.8 Å². The highest BCUT2D eigenvalue weighted by Gasteiger charge is 2.46. The number of nitrogens with zero attached hydrogens (tertiary/aromatic N) is 1. The Morgan fingerprint density at radius 2 is 1.67 bits per heavy atom. The van der Waals surface area contributed by atoms with Crippen molar-refractivity contribution in [1.29, 1.82) is 0 Å². The van der Waals surface area contributed by atoms with Gasteiger partial charge in [-0.25, -0.2) is 8.42 Å². The molecule has 1 heterocycles. The Hall–Kier alpha value is -1.28. The fraction of sp³-hybridized carbons (Fsp3) is 0.538. The minimum absolute atomic E-state index is 0.256. The zero-order valence-electron chi connectivity index (χ0n) is 11.5. The molecule has 0 unspecified atom stereocenters. The van der Waals surface area contributed by atoms with Crippen molar-refractivity contribution in [3.8, 4) is 0 Å². The molecular weight excluding hydrogens is 305 g/mol. The molecule has 1 aromatic carbocycles. The quantitative estimate of drug-likeness (QED) is 0.929. The molecule has 118 valence electrons. The molecule has 2 rings (SSSR count). The monoisotopic (exact) mass is 322 g/mol. The van der Waals surface area contributed by atoms with E-state index in [1.807, 2.05) is 7.05 Å². The molecule has 0 aromatic heterocycles. The zero-order valence-corrected chi connectivity index (χ0v) is 12.3. The fourth-order valence-corrected chi connectivity index (χ4v) is 3.01. The number of piperidine rings is 1. The molecule has 0 radical (unpaired) electrons. The van der Waals surface area contributed by atoms with Gasteiger partial charge in [-0.1, -0.05) is 0 Å². The van der Waals surface area contributed by atoms with Gasteiger partial charge in [0.2, 0.25) is 0 Å². The summed E-state index contributed by atoms with van der Waals surface area (Å²) in [6, 6.07) is 4.97. The van der Waals surface area contributed by atoms with Crippen molar-refractivity contribution in [2.24, 2.45) is 0 Å². The molecule has 1 aliphatic heterocycles. The van der Waals surface area contributed by atoms with E-state index in [9.17, 15) is 21.6 Å². The standard InChI is InChI=1S/C13H17F3N2O2S/c1-18-8-6-11(7-9-18)17-10-2-4-12(5-3-10)21(19,20)13(14,15)16/h2-5,11,17H,6-9H2,1H3. The van der Waals surface area contributed by atoms with Gasteiger partial charge in [0.25, 0.3) is 9.84 Å². The van der Waals surface area contributed by atoms with Crippen molar-refractivity contribution in [3.63, 3.8) is 0 Å². The minimum atomic E-state index is -5.27. The van der Waals surface area contributed by atoms with Crippen LogP contribution in [0.2, 0.25) is 0 Å². The third-order valence-electron chi connectivity index (χ3n) is 3.56. The molecule has 1 saturated heterocycles. The number of alkyl halides is 3. The van der Waals surface area contributed by atoms with Crippen molar-refractivity contribution >= 4 is 15.5 Å². The van der Waals surface area contributed by atoms with Crippen LogP contribution in [-0.2, 0) is 9.84 Å². The van der Waals surface area contributed by atoms with Crippen LogP contribution < -0.4 is 5.32 Å². The first-order valence-electron chi connectivity index (χ1n) is 6.56. The van der Waals surface area contributed by atoms with Crippen LogP contribution in [0.15, 0.2) is 29.2 Å². The topological polar surface area (TPSA) is 49.4 Å². The van der Waals surface area contributed by atoms with E-state index in [1.54, 1.807) is 0 Å². The lowest BCUT2D eigenvalue weighted by molar-refractivity contribution is -0.0436. The SMILES string of the molecule is CN1CCC(Nc2ccc(S(=O)(=O)C(F)(F)F)cc2)CC1. The van der Waals surface area contributed by atoms with E-state index >= 15 is 0 Å². The predicted molar refractivity (Wildman–Crippen MR) is 73.8 cm³/mol. The van der Waals surface area contributed by atoms with Gasteiger partial charge in [0.1, 0.15) is 0 Å². The number of likely N-dealkylation sites (tertiary alicyclic amines) is 1. The van der Waals surface area contributed by atoms with Gasteiger partial charge in [-0.3, -0.25) is 0 Å². The molecule has 1 N–H and O–H groups in total. The van der Waals surface area contributed by atoms with Gasteiger partial charge in [0.05, 0.1) is 4.90 Å². The average molecular weight is 322 g/mol. The number of rotatable bonds is 3. The number of halogens is 3. The number of hydrogen-bond acceptors (Lipinski definition) is 4. The summed E-state index contributed by atoms with van der Waals surface area (Å²) in [5.41, 5.74) is -4.64. The molecule has 8 heteroatoms. The average Bonchev–Trinajstić information content (AvgIpc) is 2.41. The Kier molecular flexibility index (Phi) is 4.48. The van der Waals surface area contributed by atoms with Crippen LogP contribution in [-0.4, -0.2) is 45.0 Å². The van der Waals surface area contributed by atoms with Gasteiger partial charge in [-0.2, -0.15) is 13.2 Å². The lowest BCUT2D eigenvalue weighted by atomic mass is 10.1. The summed E-state index contributed by atoms with van der Waals surface area (Å²) < 4.78 is 59.7. The first-order valence-corrected chi connectivity index (χ1v) is 8.05. The molecule has 1 aliphatic rings.